The summed E-state index contributed by atoms with van der Waals surface area (Å²) in [5.41, 5.74) is 0.663. The quantitative estimate of drug-likeness (QED) is 0.787. The molecule has 0 aromatic carbocycles. The molecule has 96 valence electrons. The first-order chi connectivity index (χ1) is 8.56. The minimum atomic E-state index is -0.839. The second kappa shape index (κ2) is 4.94. The fourth-order valence-corrected chi connectivity index (χ4v) is 1.50. The lowest BCUT2D eigenvalue weighted by Crippen LogP contribution is -2.07. The van der Waals surface area contributed by atoms with Gasteiger partial charge in [-0.15, -0.1) is 15.3 Å². The van der Waals surface area contributed by atoms with Gasteiger partial charge >= 0.3 is 5.97 Å². The molecular weight excluding hydrogens is 236 g/mol. The van der Waals surface area contributed by atoms with Gasteiger partial charge in [0.1, 0.15) is 12.4 Å². The maximum absolute atomic E-state index is 10.4. The van der Waals surface area contributed by atoms with Crippen molar-refractivity contribution in [2.75, 3.05) is 0 Å². The predicted molar refractivity (Wildman–Crippen MR) is 60.8 cm³/mol. The van der Waals surface area contributed by atoms with Gasteiger partial charge < -0.3 is 9.67 Å². The van der Waals surface area contributed by atoms with E-state index in [-0.39, 0.29) is 6.42 Å². The highest BCUT2D eigenvalue weighted by atomic mass is 16.4. The van der Waals surface area contributed by atoms with E-state index in [0.29, 0.717) is 18.7 Å². The lowest BCUT2D eigenvalue weighted by Gasteiger charge is -2.00. The number of rotatable bonds is 5. The second-order valence-corrected chi connectivity index (χ2v) is 4.02. The summed E-state index contributed by atoms with van der Waals surface area (Å²) in [5, 5.41) is 24.4. The molecule has 2 rings (SSSR count). The van der Waals surface area contributed by atoms with Crippen molar-refractivity contribution >= 4 is 5.97 Å². The molecule has 18 heavy (non-hydrogen) atoms. The third-order valence-corrected chi connectivity index (χ3v) is 2.67. The van der Waals surface area contributed by atoms with E-state index in [1.807, 2.05) is 18.5 Å². The van der Waals surface area contributed by atoms with E-state index in [1.54, 1.807) is 10.9 Å². The van der Waals surface area contributed by atoms with Crippen molar-refractivity contribution in [3.05, 3.63) is 23.5 Å². The molecule has 8 nitrogen and oxygen atoms in total. The molecule has 0 amide bonds. The van der Waals surface area contributed by atoms with Gasteiger partial charge in [0.2, 0.25) is 0 Å². The maximum atomic E-state index is 10.4. The minimum absolute atomic E-state index is 0.0573. The van der Waals surface area contributed by atoms with Crippen LogP contribution in [0.1, 0.15) is 23.8 Å². The maximum Gasteiger partial charge on any atom is 0.303 e. The number of aliphatic carboxylic acids is 1. The predicted octanol–water partition coefficient (Wildman–Crippen LogP) is -0.219. The summed E-state index contributed by atoms with van der Waals surface area (Å²) >= 11 is 0. The lowest BCUT2D eigenvalue weighted by molar-refractivity contribution is -0.136. The monoisotopic (exact) mass is 250 g/mol. The summed E-state index contributed by atoms with van der Waals surface area (Å²) in [4.78, 5) is 10.4. The van der Waals surface area contributed by atoms with Gasteiger partial charge in [-0.1, -0.05) is 5.21 Å². The van der Waals surface area contributed by atoms with Crippen molar-refractivity contribution in [2.45, 2.75) is 26.3 Å². The molecule has 1 N–H and O–H groups in total. The van der Waals surface area contributed by atoms with Crippen molar-refractivity contribution in [1.29, 1.82) is 0 Å². The number of nitrogens with zero attached hydrogens (tertiary/aromatic N) is 6. The number of hydrogen-bond donors (Lipinski definition) is 1. The molecule has 0 unspecified atom stereocenters. The third kappa shape index (κ3) is 2.70. The first-order valence-electron chi connectivity index (χ1n) is 5.52. The van der Waals surface area contributed by atoms with E-state index in [4.69, 9.17) is 5.11 Å². The zero-order valence-electron chi connectivity index (χ0n) is 10.2. The van der Waals surface area contributed by atoms with Gasteiger partial charge in [-0.25, -0.2) is 4.68 Å². The molecule has 0 aliphatic heterocycles. The Bertz CT molecular complexity index is 558. The Morgan fingerprint density at radius 3 is 2.78 bits per heavy atom. The van der Waals surface area contributed by atoms with E-state index in [0.717, 1.165) is 11.6 Å². The summed E-state index contributed by atoms with van der Waals surface area (Å²) in [6, 6.07) is 0. The van der Waals surface area contributed by atoms with Crippen LogP contribution < -0.4 is 0 Å². The van der Waals surface area contributed by atoms with Crippen LogP contribution in [0.5, 0.6) is 0 Å². The second-order valence-electron chi connectivity index (χ2n) is 4.02. The standard InChI is InChI=1S/C10H14N6O2/c1-7-11-13-9(15(7)2)6-16-5-8(12-14-16)3-4-10(17)18/h5H,3-4,6H2,1-2H3,(H,17,18). The van der Waals surface area contributed by atoms with E-state index < -0.39 is 5.97 Å². The first kappa shape index (κ1) is 12.2. The Hall–Kier alpha value is -2.25. The van der Waals surface area contributed by atoms with Crippen LogP contribution in [0, 0.1) is 6.92 Å². The number of carboxylic acid groups (broad SMARTS) is 1. The summed E-state index contributed by atoms with van der Waals surface area (Å²) in [6.07, 6.45) is 2.17. The zero-order valence-corrected chi connectivity index (χ0v) is 10.2. The number of aromatic nitrogens is 6. The van der Waals surface area contributed by atoms with Gasteiger partial charge in [-0.2, -0.15) is 0 Å². The molecule has 8 heteroatoms. The van der Waals surface area contributed by atoms with Crippen molar-refractivity contribution in [1.82, 2.24) is 29.8 Å². The summed E-state index contributed by atoms with van der Waals surface area (Å²) in [7, 11) is 1.88. The van der Waals surface area contributed by atoms with E-state index in [2.05, 4.69) is 20.5 Å². The molecule has 0 fully saturated rings. The van der Waals surface area contributed by atoms with Gasteiger partial charge in [0, 0.05) is 19.7 Å². The van der Waals surface area contributed by atoms with E-state index in [1.165, 1.54) is 0 Å². The van der Waals surface area contributed by atoms with Crippen molar-refractivity contribution in [3.63, 3.8) is 0 Å². The van der Waals surface area contributed by atoms with Crippen LogP contribution in [-0.2, 0) is 24.8 Å². The molecule has 0 aliphatic carbocycles. The van der Waals surface area contributed by atoms with Gasteiger partial charge in [0.05, 0.1) is 12.1 Å². The first-order valence-corrected chi connectivity index (χ1v) is 5.52. The van der Waals surface area contributed by atoms with Crippen LogP contribution in [0.3, 0.4) is 0 Å². The molecule has 0 bridgehead atoms. The van der Waals surface area contributed by atoms with Gasteiger partial charge in [0.15, 0.2) is 5.82 Å². The average Bonchev–Trinajstić information content (AvgIpc) is 2.89. The highest BCUT2D eigenvalue weighted by Gasteiger charge is 2.08. The van der Waals surface area contributed by atoms with E-state index in [9.17, 15) is 4.79 Å². The van der Waals surface area contributed by atoms with Crippen molar-refractivity contribution < 1.29 is 9.90 Å². The Morgan fingerprint density at radius 1 is 1.39 bits per heavy atom. The smallest absolute Gasteiger partial charge is 0.303 e. The van der Waals surface area contributed by atoms with E-state index >= 15 is 0 Å². The largest absolute Gasteiger partial charge is 0.481 e. The Balaban J connectivity index is 2.02. The van der Waals surface area contributed by atoms with Crippen LogP contribution in [0.4, 0.5) is 0 Å². The Kier molecular flexibility index (Phi) is 3.35. The number of carbonyl (C=O) groups is 1. The molecule has 2 aromatic rings. The summed E-state index contributed by atoms with van der Waals surface area (Å²) in [6.45, 7) is 2.34. The highest BCUT2D eigenvalue weighted by molar-refractivity contribution is 5.66. The van der Waals surface area contributed by atoms with Crippen LogP contribution in [0.25, 0.3) is 0 Å². The number of carboxylic acids is 1. The summed E-state index contributed by atoms with van der Waals surface area (Å²) in [5.74, 6) is 0.770. The molecule has 2 heterocycles. The molecular formula is C10H14N6O2. The third-order valence-electron chi connectivity index (χ3n) is 2.67. The van der Waals surface area contributed by atoms with Crippen LogP contribution >= 0.6 is 0 Å². The zero-order chi connectivity index (χ0) is 13.1. The Labute approximate surface area is 103 Å². The highest BCUT2D eigenvalue weighted by Crippen LogP contribution is 2.02. The molecule has 0 spiro atoms. The number of hydrogen-bond acceptors (Lipinski definition) is 5. The lowest BCUT2D eigenvalue weighted by atomic mass is 10.2. The number of aryl methyl sites for hydroxylation is 2. The normalized spacial score (nSPS) is 10.8. The molecule has 0 saturated heterocycles. The topological polar surface area (TPSA) is 98.7 Å². The minimum Gasteiger partial charge on any atom is -0.481 e. The summed E-state index contributed by atoms with van der Waals surface area (Å²) < 4.78 is 3.50. The van der Waals surface area contributed by atoms with Crippen molar-refractivity contribution in [2.24, 2.45) is 7.05 Å². The van der Waals surface area contributed by atoms with Crippen molar-refractivity contribution in [3.8, 4) is 0 Å². The average molecular weight is 250 g/mol. The van der Waals surface area contributed by atoms with Crippen LogP contribution in [-0.4, -0.2) is 40.8 Å². The van der Waals surface area contributed by atoms with Crippen LogP contribution in [0.15, 0.2) is 6.20 Å². The molecule has 0 atom stereocenters. The molecule has 0 aliphatic rings. The van der Waals surface area contributed by atoms with Crippen LogP contribution in [0.2, 0.25) is 0 Å². The molecule has 0 saturated carbocycles. The van der Waals surface area contributed by atoms with Gasteiger partial charge in [-0.05, 0) is 6.92 Å². The molecule has 0 radical (unpaired) electrons. The Morgan fingerprint density at radius 2 is 2.17 bits per heavy atom. The SMILES string of the molecule is Cc1nnc(Cn2cc(CCC(=O)O)nn2)n1C. The molecule has 2 aromatic heterocycles. The fourth-order valence-electron chi connectivity index (χ4n) is 1.50. The van der Waals surface area contributed by atoms with Gasteiger partial charge in [0.25, 0.3) is 0 Å². The fraction of sp³-hybridized carbons (Fsp3) is 0.500. The van der Waals surface area contributed by atoms with Gasteiger partial charge in [-0.3, -0.25) is 4.79 Å².